The van der Waals surface area contributed by atoms with Crippen LogP contribution < -0.4 is 20.4 Å². The fourth-order valence-electron chi connectivity index (χ4n) is 4.00. The van der Waals surface area contributed by atoms with Crippen molar-refractivity contribution in [2.45, 2.75) is 19.6 Å². The summed E-state index contributed by atoms with van der Waals surface area (Å²) in [4.78, 5) is 26.0. The lowest BCUT2D eigenvalue weighted by Gasteiger charge is -2.22. The Morgan fingerprint density at radius 1 is 1.09 bits per heavy atom. The van der Waals surface area contributed by atoms with Gasteiger partial charge in [0, 0.05) is 45.1 Å². The molecule has 0 bridgehead atoms. The van der Waals surface area contributed by atoms with Crippen molar-refractivity contribution in [1.29, 1.82) is 0 Å². The molecule has 34 heavy (non-hydrogen) atoms. The van der Waals surface area contributed by atoms with E-state index in [-0.39, 0.29) is 12.0 Å². The van der Waals surface area contributed by atoms with Crippen molar-refractivity contribution >= 4 is 23.4 Å². The van der Waals surface area contributed by atoms with E-state index in [1.807, 2.05) is 68.4 Å². The van der Waals surface area contributed by atoms with E-state index in [1.54, 1.807) is 11.1 Å². The number of hydrogen-bond acceptors (Lipinski definition) is 7. The molecule has 0 fully saturated rings. The van der Waals surface area contributed by atoms with Gasteiger partial charge in [-0.15, -0.1) is 0 Å². The summed E-state index contributed by atoms with van der Waals surface area (Å²) in [6.45, 7) is 5.17. The topological polar surface area (TPSA) is 82.6 Å². The monoisotopic (exact) mass is 460 g/mol. The van der Waals surface area contributed by atoms with Crippen molar-refractivity contribution in [2.75, 3.05) is 55.4 Å². The van der Waals surface area contributed by atoms with Gasteiger partial charge in [-0.25, -0.2) is 4.98 Å². The number of aromatic nitrogens is 2. The van der Waals surface area contributed by atoms with Crippen LogP contribution in [0.1, 0.15) is 34.5 Å². The molecular weight excluding hydrogens is 428 g/mol. The Balaban J connectivity index is 1.47. The lowest BCUT2D eigenvalue weighted by Crippen LogP contribution is -2.33. The molecule has 3 aromatic rings. The molecule has 0 saturated carbocycles. The fraction of sp³-hybridized carbons (Fsp3) is 0.346. The van der Waals surface area contributed by atoms with E-state index in [4.69, 9.17) is 4.74 Å². The van der Waals surface area contributed by atoms with Crippen molar-refractivity contribution in [2.24, 2.45) is 0 Å². The highest BCUT2D eigenvalue weighted by atomic mass is 16.5. The lowest BCUT2D eigenvalue weighted by atomic mass is 10.1. The number of carbonyl (C=O) groups is 1. The van der Waals surface area contributed by atoms with Gasteiger partial charge in [0.1, 0.15) is 11.4 Å². The molecule has 1 aliphatic heterocycles. The Bertz CT molecular complexity index is 1090. The maximum atomic E-state index is 13.3. The molecule has 1 aromatic heterocycles. The minimum atomic E-state index is -0.0930. The molecule has 0 aliphatic carbocycles. The molecule has 2 N–H and O–H groups in total. The van der Waals surface area contributed by atoms with E-state index in [1.165, 1.54) is 0 Å². The van der Waals surface area contributed by atoms with Gasteiger partial charge < -0.3 is 25.2 Å². The summed E-state index contributed by atoms with van der Waals surface area (Å²) in [6.07, 6.45) is 1.59. The molecule has 4 rings (SSSR count). The maximum Gasteiger partial charge on any atom is 0.263 e. The third-order valence-corrected chi connectivity index (χ3v) is 5.86. The second-order valence-corrected chi connectivity index (χ2v) is 8.27. The average molecular weight is 461 g/mol. The predicted molar refractivity (Wildman–Crippen MR) is 135 cm³/mol. The Morgan fingerprint density at radius 3 is 2.56 bits per heavy atom. The van der Waals surface area contributed by atoms with Gasteiger partial charge in [-0.2, -0.15) is 4.98 Å². The zero-order valence-electron chi connectivity index (χ0n) is 20.0. The van der Waals surface area contributed by atoms with Crippen molar-refractivity contribution in [1.82, 2.24) is 15.3 Å². The zero-order valence-corrected chi connectivity index (χ0v) is 20.0. The number of nitrogens with zero attached hydrogens (tertiary/aromatic N) is 4. The molecule has 0 saturated heterocycles. The number of carbonyl (C=O) groups excluding carboxylic acids is 1. The average Bonchev–Trinajstić information content (AvgIpc) is 2.99. The Hall–Kier alpha value is -3.49. The first-order valence-corrected chi connectivity index (χ1v) is 11.6. The van der Waals surface area contributed by atoms with E-state index in [0.717, 1.165) is 29.9 Å². The van der Waals surface area contributed by atoms with Gasteiger partial charge in [0.15, 0.2) is 0 Å². The SMILES string of the molecule is CCNc1ncc2c(n1)N(C)CCN(c1ccc(COC(CNC)c3ccccc3)cc1)C2=O. The summed E-state index contributed by atoms with van der Waals surface area (Å²) < 4.78 is 6.20. The standard InChI is InChI=1S/C26H32N6O2/c1-4-28-26-29-16-22-24(30-26)31(3)14-15-32(25(22)33)21-12-10-19(11-13-21)18-34-23(17-27-2)20-8-6-5-7-9-20/h5-13,16,23,27H,4,14-15,17-18H2,1-3H3,(H,28,29,30). The Labute approximate surface area is 201 Å². The van der Waals surface area contributed by atoms with Crippen LogP contribution in [0, 0.1) is 0 Å². The summed E-state index contributed by atoms with van der Waals surface area (Å²) in [5, 5.41) is 6.31. The predicted octanol–water partition coefficient (Wildman–Crippen LogP) is 3.48. The van der Waals surface area contributed by atoms with Crippen molar-refractivity contribution in [3.8, 4) is 0 Å². The summed E-state index contributed by atoms with van der Waals surface area (Å²) >= 11 is 0. The summed E-state index contributed by atoms with van der Waals surface area (Å²) in [5.41, 5.74) is 3.55. The van der Waals surface area contributed by atoms with E-state index in [0.29, 0.717) is 37.0 Å². The molecule has 178 valence electrons. The lowest BCUT2D eigenvalue weighted by molar-refractivity contribution is 0.0411. The van der Waals surface area contributed by atoms with Crippen molar-refractivity contribution in [3.63, 3.8) is 0 Å². The molecule has 1 aliphatic rings. The van der Waals surface area contributed by atoms with E-state index >= 15 is 0 Å². The van der Waals surface area contributed by atoms with Gasteiger partial charge >= 0.3 is 0 Å². The van der Waals surface area contributed by atoms with Crippen LogP contribution in [0.15, 0.2) is 60.8 Å². The van der Waals surface area contributed by atoms with Crippen molar-refractivity contribution in [3.05, 3.63) is 77.5 Å². The van der Waals surface area contributed by atoms with Gasteiger partial charge in [0.25, 0.3) is 5.91 Å². The number of fused-ring (bicyclic) bond motifs is 1. The van der Waals surface area contributed by atoms with Gasteiger partial charge in [-0.05, 0) is 37.2 Å². The quantitative estimate of drug-likeness (QED) is 0.506. The van der Waals surface area contributed by atoms with Gasteiger partial charge in [0.2, 0.25) is 5.95 Å². The van der Waals surface area contributed by atoms with E-state index in [2.05, 4.69) is 32.7 Å². The zero-order chi connectivity index (χ0) is 23.9. The van der Waals surface area contributed by atoms with Crippen LogP contribution in [-0.4, -0.2) is 56.1 Å². The first-order chi connectivity index (χ1) is 16.6. The van der Waals surface area contributed by atoms with Crippen LogP contribution in [0.5, 0.6) is 0 Å². The second kappa shape index (κ2) is 11.1. The molecule has 1 amide bonds. The molecular formula is C26H32N6O2. The number of ether oxygens (including phenoxy) is 1. The minimum absolute atomic E-state index is 0.0304. The molecule has 2 aromatic carbocycles. The normalized spacial score (nSPS) is 14.5. The van der Waals surface area contributed by atoms with Gasteiger partial charge in [-0.1, -0.05) is 42.5 Å². The first-order valence-electron chi connectivity index (χ1n) is 11.6. The largest absolute Gasteiger partial charge is 0.368 e. The van der Waals surface area contributed by atoms with Crippen LogP contribution in [-0.2, 0) is 11.3 Å². The van der Waals surface area contributed by atoms with Gasteiger partial charge in [0.05, 0.1) is 12.7 Å². The fourth-order valence-corrected chi connectivity index (χ4v) is 4.00. The third-order valence-electron chi connectivity index (χ3n) is 5.86. The number of anilines is 3. The first kappa shape index (κ1) is 23.7. The Morgan fingerprint density at radius 2 is 1.85 bits per heavy atom. The number of rotatable bonds is 9. The number of nitrogens with one attached hydrogen (secondary N) is 2. The highest BCUT2D eigenvalue weighted by molar-refractivity contribution is 6.09. The minimum Gasteiger partial charge on any atom is -0.368 e. The Kier molecular flexibility index (Phi) is 7.72. The highest BCUT2D eigenvalue weighted by Crippen LogP contribution is 2.27. The van der Waals surface area contributed by atoms with Crippen LogP contribution >= 0.6 is 0 Å². The van der Waals surface area contributed by atoms with Crippen LogP contribution in [0.25, 0.3) is 0 Å². The van der Waals surface area contributed by atoms with Crippen LogP contribution in [0.4, 0.5) is 17.5 Å². The van der Waals surface area contributed by atoms with Gasteiger partial charge in [-0.3, -0.25) is 4.79 Å². The van der Waals surface area contributed by atoms with Crippen LogP contribution in [0.3, 0.4) is 0 Å². The third kappa shape index (κ3) is 5.35. The molecule has 0 spiro atoms. The smallest absolute Gasteiger partial charge is 0.263 e. The van der Waals surface area contributed by atoms with Crippen LogP contribution in [0.2, 0.25) is 0 Å². The number of benzene rings is 2. The molecule has 8 heteroatoms. The molecule has 1 atom stereocenters. The highest BCUT2D eigenvalue weighted by Gasteiger charge is 2.28. The second-order valence-electron chi connectivity index (χ2n) is 8.27. The van der Waals surface area contributed by atoms with E-state index < -0.39 is 0 Å². The number of amides is 1. The molecule has 1 unspecified atom stereocenters. The van der Waals surface area contributed by atoms with E-state index in [9.17, 15) is 4.79 Å². The molecule has 0 radical (unpaired) electrons. The molecule has 2 heterocycles. The molecule has 8 nitrogen and oxygen atoms in total. The summed E-state index contributed by atoms with van der Waals surface area (Å²) in [7, 11) is 3.88. The maximum absolute atomic E-state index is 13.3. The number of hydrogen-bond donors (Lipinski definition) is 2. The summed E-state index contributed by atoms with van der Waals surface area (Å²) in [6, 6.07) is 18.2. The van der Waals surface area contributed by atoms with Crippen molar-refractivity contribution < 1.29 is 9.53 Å². The summed E-state index contributed by atoms with van der Waals surface area (Å²) in [5.74, 6) is 1.09. The number of likely N-dealkylation sites (N-methyl/N-ethyl adjacent to an activating group) is 2.